The van der Waals surface area contributed by atoms with E-state index in [2.05, 4.69) is 20.2 Å². The van der Waals surface area contributed by atoms with Crippen LogP contribution in [0.4, 0.5) is 16.6 Å². The first-order valence-electron chi connectivity index (χ1n) is 6.37. The fourth-order valence-corrected chi connectivity index (χ4v) is 2.58. The minimum atomic E-state index is -0.250. The summed E-state index contributed by atoms with van der Waals surface area (Å²) in [6.07, 6.45) is 0. The maximum atomic E-state index is 11.5. The van der Waals surface area contributed by atoms with Gasteiger partial charge in [0, 0.05) is 38.4 Å². The van der Waals surface area contributed by atoms with E-state index in [4.69, 9.17) is 15.6 Å². The lowest BCUT2D eigenvalue weighted by Crippen LogP contribution is -2.69. The minimum absolute atomic E-state index is 0.00645. The zero-order valence-corrected chi connectivity index (χ0v) is 11.9. The van der Waals surface area contributed by atoms with Crippen LogP contribution in [-0.4, -0.2) is 64.7 Å². The number of rotatable bonds is 1. The lowest BCUT2D eigenvalue weighted by atomic mass is 9.89. The number of aromatic nitrogens is 2. The van der Waals surface area contributed by atoms with Gasteiger partial charge >= 0.3 is 6.03 Å². The van der Waals surface area contributed by atoms with Gasteiger partial charge in [-0.25, -0.2) is 9.78 Å². The van der Waals surface area contributed by atoms with Crippen LogP contribution in [0.15, 0.2) is 6.07 Å². The molecule has 4 N–H and O–H groups in total. The molecule has 0 atom stereocenters. The number of nitrogens with one attached hydrogen (secondary N) is 1. The normalized spacial score (nSPS) is 18.7. The van der Waals surface area contributed by atoms with Gasteiger partial charge in [0.1, 0.15) is 5.82 Å². The molecule has 1 aromatic rings. The van der Waals surface area contributed by atoms with E-state index >= 15 is 0 Å². The Labute approximate surface area is 121 Å². The van der Waals surface area contributed by atoms with Crippen LogP contribution >= 0.6 is 0 Å². The Hall–Kier alpha value is -2.58. The Bertz CT molecular complexity index is 538. The van der Waals surface area contributed by atoms with Crippen molar-refractivity contribution in [3.8, 4) is 0 Å². The molecule has 2 aliphatic rings. The summed E-state index contributed by atoms with van der Waals surface area (Å²) in [4.78, 5) is 32.0. The quantitative estimate of drug-likeness (QED) is 0.584. The molecule has 114 valence electrons. The molecular formula is C12H18N6O3. The number of likely N-dealkylation sites (N-methyl/N-ethyl adjacent to an activating group) is 1. The fraction of sp³-hybridized carbons (Fsp3) is 0.500. The lowest BCUT2D eigenvalue weighted by Gasteiger charge is -2.51. The number of hydrogen-bond acceptors (Lipinski definition) is 6. The number of carboxylic acid groups (broad SMARTS) is 1. The van der Waals surface area contributed by atoms with E-state index in [1.165, 1.54) is 0 Å². The second-order valence-electron chi connectivity index (χ2n) is 5.13. The van der Waals surface area contributed by atoms with Crippen LogP contribution in [0.5, 0.6) is 0 Å². The number of aryl methyl sites for hydroxylation is 1. The summed E-state index contributed by atoms with van der Waals surface area (Å²) in [7, 11) is 1.83. The molecule has 0 unspecified atom stereocenters. The molecule has 9 heteroatoms. The third-order valence-electron chi connectivity index (χ3n) is 3.74. The van der Waals surface area contributed by atoms with Crippen molar-refractivity contribution in [2.24, 2.45) is 0 Å². The van der Waals surface area contributed by atoms with Crippen molar-refractivity contribution in [2.75, 3.05) is 37.3 Å². The zero-order chi connectivity index (χ0) is 15.6. The van der Waals surface area contributed by atoms with Gasteiger partial charge in [0.25, 0.3) is 6.47 Å². The van der Waals surface area contributed by atoms with Crippen LogP contribution in [0.3, 0.4) is 0 Å². The number of carbonyl (C=O) groups is 2. The van der Waals surface area contributed by atoms with Crippen molar-refractivity contribution in [2.45, 2.75) is 12.5 Å². The van der Waals surface area contributed by atoms with Gasteiger partial charge in [-0.1, -0.05) is 0 Å². The predicted molar refractivity (Wildman–Crippen MR) is 76.0 cm³/mol. The van der Waals surface area contributed by atoms with Gasteiger partial charge in [0.2, 0.25) is 5.95 Å². The lowest BCUT2D eigenvalue weighted by molar-refractivity contribution is -0.122. The summed E-state index contributed by atoms with van der Waals surface area (Å²) in [6, 6.07) is 1.90. The van der Waals surface area contributed by atoms with Crippen LogP contribution in [0.2, 0.25) is 0 Å². The van der Waals surface area contributed by atoms with Crippen LogP contribution in [0.25, 0.3) is 0 Å². The van der Waals surface area contributed by atoms with E-state index in [0.717, 1.165) is 24.6 Å². The van der Waals surface area contributed by atoms with Gasteiger partial charge in [-0.15, -0.1) is 0 Å². The molecule has 0 aromatic carbocycles. The van der Waals surface area contributed by atoms with Crippen molar-refractivity contribution in [1.29, 1.82) is 0 Å². The Kier molecular flexibility index (Phi) is 3.83. The highest BCUT2D eigenvalue weighted by atomic mass is 16.3. The summed E-state index contributed by atoms with van der Waals surface area (Å²) in [6.45, 7) is 3.89. The smallest absolute Gasteiger partial charge is 0.317 e. The Morgan fingerprint density at radius 3 is 2.57 bits per heavy atom. The Morgan fingerprint density at radius 1 is 1.48 bits per heavy atom. The summed E-state index contributed by atoms with van der Waals surface area (Å²) < 4.78 is 0. The molecule has 1 spiro atoms. The number of hydrogen-bond donors (Lipinski definition) is 3. The number of urea groups is 1. The Morgan fingerprint density at radius 2 is 2.10 bits per heavy atom. The highest BCUT2D eigenvalue weighted by molar-refractivity contribution is 5.78. The Balaban J connectivity index is 0.000000497. The number of nitrogen functional groups attached to an aromatic ring is 1. The molecule has 0 bridgehead atoms. The van der Waals surface area contributed by atoms with Crippen LogP contribution in [-0.2, 0) is 4.79 Å². The zero-order valence-electron chi connectivity index (χ0n) is 11.9. The van der Waals surface area contributed by atoms with Gasteiger partial charge in [0.05, 0.1) is 5.54 Å². The van der Waals surface area contributed by atoms with E-state index in [-0.39, 0.29) is 18.0 Å². The van der Waals surface area contributed by atoms with Crippen molar-refractivity contribution >= 4 is 24.3 Å². The van der Waals surface area contributed by atoms with E-state index in [0.29, 0.717) is 12.5 Å². The first-order valence-corrected chi connectivity index (χ1v) is 6.37. The molecule has 2 fully saturated rings. The average Bonchev–Trinajstić information content (AvgIpc) is 2.64. The molecule has 3 heterocycles. The van der Waals surface area contributed by atoms with Crippen molar-refractivity contribution in [3.63, 3.8) is 0 Å². The van der Waals surface area contributed by atoms with Gasteiger partial charge < -0.3 is 26.0 Å². The molecule has 2 saturated heterocycles. The number of nitrogens with zero attached hydrogens (tertiary/aromatic N) is 4. The van der Waals surface area contributed by atoms with E-state index < -0.39 is 0 Å². The first kappa shape index (κ1) is 14.8. The van der Waals surface area contributed by atoms with Crippen LogP contribution in [0, 0.1) is 6.92 Å². The monoisotopic (exact) mass is 294 g/mol. The predicted octanol–water partition coefficient (Wildman–Crippen LogP) is -0.718. The van der Waals surface area contributed by atoms with Crippen molar-refractivity contribution in [3.05, 3.63) is 11.8 Å². The summed E-state index contributed by atoms with van der Waals surface area (Å²) in [5, 5.41) is 9.75. The molecule has 2 amide bonds. The first-order chi connectivity index (χ1) is 9.91. The molecule has 9 nitrogen and oxygen atoms in total. The topological polar surface area (TPSA) is 125 Å². The minimum Gasteiger partial charge on any atom is -0.483 e. The molecule has 21 heavy (non-hydrogen) atoms. The van der Waals surface area contributed by atoms with Crippen LogP contribution in [0.1, 0.15) is 5.69 Å². The number of anilines is 2. The maximum Gasteiger partial charge on any atom is 0.317 e. The van der Waals surface area contributed by atoms with E-state index in [9.17, 15) is 4.79 Å². The molecular weight excluding hydrogens is 276 g/mol. The van der Waals surface area contributed by atoms with E-state index in [1.54, 1.807) is 4.90 Å². The second-order valence-corrected chi connectivity index (χ2v) is 5.13. The molecule has 0 radical (unpaired) electrons. The van der Waals surface area contributed by atoms with Gasteiger partial charge in [0.15, 0.2) is 0 Å². The average molecular weight is 294 g/mol. The molecule has 0 aliphatic carbocycles. The largest absolute Gasteiger partial charge is 0.483 e. The van der Waals surface area contributed by atoms with Gasteiger partial charge in [-0.05, 0) is 6.92 Å². The fourth-order valence-electron chi connectivity index (χ4n) is 2.58. The maximum absolute atomic E-state index is 11.5. The third kappa shape index (κ3) is 2.67. The third-order valence-corrected chi connectivity index (χ3v) is 3.74. The molecule has 3 rings (SSSR count). The SMILES string of the molecule is Cc1cc(N2CC3(CNC(=O)N3C)C2)nc(N)n1.O=CO. The molecule has 0 saturated carbocycles. The summed E-state index contributed by atoms with van der Waals surface area (Å²) >= 11 is 0. The molecule has 1 aromatic heterocycles. The molecule has 2 aliphatic heterocycles. The number of amides is 2. The van der Waals surface area contributed by atoms with Crippen molar-refractivity contribution < 1.29 is 14.7 Å². The van der Waals surface area contributed by atoms with Gasteiger partial charge in [-0.3, -0.25) is 4.79 Å². The number of nitrogens with two attached hydrogens (primary N) is 1. The van der Waals surface area contributed by atoms with E-state index in [1.807, 2.05) is 20.0 Å². The van der Waals surface area contributed by atoms with Crippen LogP contribution < -0.4 is 16.0 Å². The highest BCUT2D eigenvalue weighted by Gasteiger charge is 2.52. The summed E-state index contributed by atoms with van der Waals surface area (Å²) in [5.41, 5.74) is 6.41. The van der Waals surface area contributed by atoms with Gasteiger partial charge in [-0.2, -0.15) is 4.98 Å². The van der Waals surface area contributed by atoms with Crippen molar-refractivity contribution in [1.82, 2.24) is 20.2 Å². The highest BCUT2D eigenvalue weighted by Crippen LogP contribution is 2.33. The second kappa shape index (κ2) is 5.43. The standard InChI is InChI=1S/C11H16N6O.CH2O2/c1-7-3-8(15-9(12)14-7)17-5-11(6-17)4-13-10(18)16(11)2;2-1-3/h3H,4-6H2,1-2H3,(H,13,18)(H2,12,14,15);1H,(H,2,3). The number of carbonyl (C=O) groups excluding carboxylic acids is 1. The summed E-state index contributed by atoms with van der Waals surface area (Å²) in [5.74, 6) is 1.12.